The summed E-state index contributed by atoms with van der Waals surface area (Å²) in [5.41, 5.74) is 2.52. The van der Waals surface area contributed by atoms with Crippen molar-refractivity contribution in [3.8, 4) is 5.88 Å². The van der Waals surface area contributed by atoms with E-state index in [1.165, 1.54) is 12.3 Å². The van der Waals surface area contributed by atoms with Crippen molar-refractivity contribution >= 4 is 17.6 Å². The molecule has 0 aromatic carbocycles. The number of carbonyl (C=O) groups excluding carboxylic acids is 2. The summed E-state index contributed by atoms with van der Waals surface area (Å²) in [5, 5.41) is 5.52. The lowest BCUT2D eigenvalue weighted by Gasteiger charge is -2.13. The van der Waals surface area contributed by atoms with Crippen LogP contribution in [0.3, 0.4) is 0 Å². The molecular formula is C22H26F2N4O3. The topological polar surface area (TPSA) is 93.2 Å². The summed E-state index contributed by atoms with van der Waals surface area (Å²) < 4.78 is 30.0. The smallest absolute Gasteiger partial charge is 0.272 e. The summed E-state index contributed by atoms with van der Waals surface area (Å²) in [6.07, 6.45) is 0.874. The molecule has 0 spiro atoms. The molecule has 1 saturated carbocycles. The number of hydrogen-bond acceptors (Lipinski definition) is 5. The number of carbonyl (C=O) groups is 2. The minimum Gasteiger partial charge on any atom is -0.471 e. The Morgan fingerprint density at radius 2 is 1.97 bits per heavy atom. The van der Waals surface area contributed by atoms with E-state index in [0.29, 0.717) is 17.1 Å². The highest BCUT2D eigenvalue weighted by Crippen LogP contribution is 2.43. The second-order valence-electron chi connectivity index (χ2n) is 7.92. The first-order valence-corrected chi connectivity index (χ1v) is 10.2. The Labute approximate surface area is 179 Å². The first-order chi connectivity index (χ1) is 14.7. The van der Waals surface area contributed by atoms with Gasteiger partial charge in [0, 0.05) is 35.5 Å². The maximum absolute atomic E-state index is 12.6. The number of hydrogen-bond donors (Lipinski definition) is 2. The summed E-state index contributed by atoms with van der Waals surface area (Å²) >= 11 is 0. The van der Waals surface area contributed by atoms with E-state index in [-0.39, 0.29) is 36.1 Å². The molecule has 0 radical (unpaired) electrons. The van der Waals surface area contributed by atoms with E-state index in [1.807, 2.05) is 6.07 Å². The number of nitrogens with one attached hydrogen (secondary N) is 2. The standard InChI is InChI=1S/C22H26F2N4O3/c1-12(2)20(29)28-19-8-16(6-13(3)27-19)21(30)25-9-14-7-17(15-4-5-15)22(26-10-14)31-11-18(23)24/h6-8,10,12,15,18H,4-5,9,11H2,1-3H3,(H,25,30)(H,27,28,29). The molecule has 2 aromatic rings. The lowest BCUT2D eigenvalue weighted by molar-refractivity contribution is -0.118. The van der Waals surface area contributed by atoms with Crippen LogP contribution in [0.2, 0.25) is 0 Å². The first-order valence-electron chi connectivity index (χ1n) is 10.2. The number of pyridine rings is 2. The fraction of sp³-hybridized carbons (Fsp3) is 0.455. The molecule has 166 valence electrons. The highest BCUT2D eigenvalue weighted by atomic mass is 19.3. The Hall–Kier alpha value is -3.10. The predicted octanol–water partition coefficient (Wildman–Crippen LogP) is 3.83. The van der Waals surface area contributed by atoms with E-state index in [0.717, 1.165) is 24.0 Å². The molecule has 2 heterocycles. The number of alkyl halides is 2. The fourth-order valence-corrected chi connectivity index (χ4v) is 2.98. The number of amides is 2. The van der Waals surface area contributed by atoms with Crippen molar-refractivity contribution in [2.75, 3.05) is 11.9 Å². The Kier molecular flexibility index (Phi) is 7.14. The number of ether oxygens (including phenoxy) is 1. The molecule has 2 N–H and O–H groups in total. The quantitative estimate of drug-likeness (QED) is 0.628. The van der Waals surface area contributed by atoms with Crippen LogP contribution in [0.1, 0.15) is 59.8 Å². The van der Waals surface area contributed by atoms with Crippen molar-refractivity contribution in [2.24, 2.45) is 5.92 Å². The molecule has 0 atom stereocenters. The largest absolute Gasteiger partial charge is 0.471 e. The highest BCUT2D eigenvalue weighted by molar-refractivity contribution is 5.97. The molecule has 0 unspecified atom stereocenters. The van der Waals surface area contributed by atoms with Crippen molar-refractivity contribution in [1.82, 2.24) is 15.3 Å². The molecule has 1 aliphatic rings. The minimum absolute atomic E-state index is 0.183. The Morgan fingerprint density at radius 1 is 1.23 bits per heavy atom. The SMILES string of the molecule is Cc1cc(C(=O)NCc2cnc(OCC(F)F)c(C3CC3)c2)cc(NC(=O)C(C)C)n1. The number of aryl methyl sites for hydroxylation is 1. The molecule has 2 aromatic heterocycles. The average molecular weight is 432 g/mol. The lowest BCUT2D eigenvalue weighted by Crippen LogP contribution is -2.24. The van der Waals surface area contributed by atoms with Gasteiger partial charge in [-0.2, -0.15) is 0 Å². The Balaban J connectivity index is 1.67. The van der Waals surface area contributed by atoms with Gasteiger partial charge < -0.3 is 15.4 Å². The van der Waals surface area contributed by atoms with E-state index in [2.05, 4.69) is 20.6 Å². The average Bonchev–Trinajstić information content (AvgIpc) is 3.55. The van der Waals surface area contributed by atoms with Gasteiger partial charge in [-0.1, -0.05) is 13.8 Å². The third-order valence-electron chi connectivity index (χ3n) is 4.74. The van der Waals surface area contributed by atoms with Crippen LogP contribution in [0.4, 0.5) is 14.6 Å². The van der Waals surface area contributed by atoms with Gasteiger partial charge >= 0.3 is 0 Å². The van der Waals surface area contributed by atoms with Crippen LogP contribution in [-0.4, -0.2) is 34.8 Å². The molecule has 0 saturated heterocycles. The Bertz CT molecular complexity index is 962. The maximum atomic E-state index is 12.6. The summed E-state index contributed by atoms with van der Waals surface area (Å²) in [6.45, 7) is 4.81. The lowest BCUT2D eigenvalue weighted by atomic mass is 10.1. The van der Waals surface area contributed by atoms with Crippen molar-refractivity contribution in [3.63, 3.8) is 0 Å². The molecule has 1 fully saturated rings. The molecule has 7 nitrogen and oxygen atoms in total. The van der Waals surface area contributed by atoms with Crippen molar-refractivity contribution < 1.29 is 23.1 Å². The molecule has 0 bridgehead atoms. The van der Waals surface area contributed by atoms with E-state index in [9.17, 15) is 18.4 Å². The monoisotopic (exact) mass is 432 g/mol. The van der Waals surface area contributed by atoms with Gasteiger partial charge in [-0.05, 0) is 49.4 Å². The zero-order chi connectivity index (χ0) is 22.5. The van der Waals surface area contributed by atoms with Gasteiger partial charge in [0.2, 0.25) is 11.8 Å². The second kappa shape index (κ2) is 9.80. The predicted molar refractivity (Wildman–Crippen MR) is 111 cm³/mol. The zero-order valence-corrected chi connectivity index (χ0v) is 17.7. The molecule has 31 heavy (non-hydrogen) atoms. The summed E-state index contributed by atoms with van der Waals surface area (Å²) in [4.78, 5) is 33.0. The zero-order valence-electron chi connectivity index (χ0n) is 17.7. The van der Waals surface area contributed by atoms with Crippen LogP contribution in [0.25, 0.3) is 0 Å². The van der Waals surface area contributed by atoms with Crippen LogP contribution in [0.15, 0.2) is 24.4 Å². The van der Waals surface area contributed by atoms with Crippen LogP contribution in [0.5, 0.6) is 5.88 Å². The molecule has 1 aliphatic carbocycles. The van der Waals surface area contributed by atoms with Crippen LogP contribution in [-0.2, 0) is 11.3 Å². The van der Waals surface area contributed by atoms with Gasteiger partial charge in [0.15, 0.2) is 6.61 Å². The molecule has 9 heteroatoms. The van der Waals surface area contributed by atoms with E-state index < -0.39 is 13.0 Å². The molecule has 0 aliphatic heterocycles. The van der Waals surface area contributed by atoms with E-state index >= 15 is 0 Å². The van der Waals surface area contributed by atoms with Crippen molar-refractivity contribution in [3.05, 3.63) is 46.8 Å². The van der Waals surface area contributed by atoms with Crippen molar-refractivity contribution in [2.45, 2.75) is 52.5 Å². The summed E-state index contributed by atoms with van der Waals surface area (Å²) in [5.74, 6) is 0.0928. The van der Waals surface area contributed by atoms with Gasteiger partial charge in [0.1, 0.15) is 5.82 Å². The van der Waals surface area contributed by atoms with Gasteiger partial charge in [0.25, 0.3) is 12.3 Å². The van der Waals surface area contributed by atoms with E-state index in [4.69, 9.17) is 4.74 Å². The van der Waals surface area contributed by atoms with Gasteiger partial charge in [-0.25, -0.2) is 18.7 Å². The van der Waals surface area contributed by atoms with Crippen molar-refractivity contribution in [1.29, 1.82) is 0 Å². The number of anilines is 1. The first kappa shape index (κ1) is 22.6. The number of halogens is 2. The maximum Gasteiger partial charge on any atom is 0.272 e. The van der Waals surface area contributed by atoms with Crippen LogP contribution < -0.4 is 15.4 Å². The third-order valence-corrected chi connectivity index (χ3v) is 4.74. The number of rotatable bonds is 9. The minimum atomic E-state index is -2.56. The molecular weight excluding hydrogens is 406 g/mol. The Morgan fingerprint density at radius 3 is 2.61 bits per heavy atom. The second-order valence-corrected chi connectivity index (χ2v) is 7.92. The molecule has 2 amide bonds. The van der Waals surface area contributed by atoms with Crippen LogP contribution >= 0.6 is 0 Å². The van der Waals surface area contributed by atoms with Crippen LogP contribution in [0, 0.1) is 12.8 Å². The summed E-state index contributed by atoms with van der Waals surface area (Å²) in [7, 11) is 0. The van der Waals surface area contributed by atoms with Gasteiger partial charge in [-0.3, -0.25) is 9.59 Å². The number of aromatic nitrogens is 2. The normalized spacial score (nSPS) is 13.4. The number of nitrogens with zero attached hydrogens (tertiary/aromatic N) is 2. The van der Waals surface area contributed by atoms with Gasteiger partial charge in [-0.15, -0.1) is 0 Å². The molecule has 3 rings (SSSR count). The van der Waals surface area contributed by atoms with Gasteiger partial charge in [0.05, 0.1) is 0 Å². The summed E-state index contributed by atoms with van der Waals surface area (Å²) in [6, 6.07) is 5.01. The van der Waals surface area contributed by atoms with E-state index in [1.54, 1.807) is 26.8 Å². The fourth-order valence-electron chi connectivity index (χ4n) is 2.98. The highest BCUT2D eigenvalue weighted by Gasteiger charge is 2.28. The third kappa shape index (κ3) is 6.44.